The third-order valence-corrected chi connectivity index (χ3v) is 4.00. The molecule has 6 heteroatoms. The van der Waals surface area contributed by atoms with E-state index in [0.29, 0.717) is 25.9 Å². The van der Waals surface area contributed by atoms with E-state index in [1.54, 1.807) is 23.8 Å². The van der Waals surface area contributed by atoms with E-state index < -0.39 is 11.4 Å². The molecule has 1 aromatic rings. The molecule has 1 saturated heterocycles. The fraction of sp³-hybridized carbons (Fsp3) is 0.600. The summed E-state index contributed by atoms with van der Waals surface area (Å²) in [4.78, 5) is 27.0. The highest BCUT2D eigenvalue weighted by molar-refractivity contribution is 5.78. The van der Waals surface area contributed by atoms with Crippen LogP contribution in [0.1, 0.15) is 31.3 Å². The number of amides is 2. The summed E-state index contributed by atoms with van der Waals surface area (Å²) in [5, 5.41) is 9.31. The van der Waals surface area contributed by atoms with Gasteiger partial charge >= 0.3 is 12.0 Å². The van der Waals surface area contributed by atoms with Crippen LogP contribution >= 0.6 is 0 Å². The Hall–Kier alpha value is -1.98. The van der Waals surface area contributed by atoms with Crippen molar-refractivity contribution < 1.29 is 19.1 Å². The average molecular weight is 294 g/mol. The second kappa shape index (κ2) is 5.79. The van der Waals surface area contributed by atoms with Crippen LogP contribution in [0.25, 0.3) is 0 Å². The van der Waals surface area contributed by atoms with E-state index in [-0.39, 0.29) is 12.6 Å². The fourth-order valence-electron chi connectivity index (χ4n) is 2.69. The molecule has 1 aromatic heterocycles. The molecule has 116 valence electrons. The van der Waals surface area contributed by atoms with Crippen LogP contribution in [0.5, 0.6) is 0 Å². The monoisotopic (exact) mass is 294 g/mol. The van der Waals surface area contributed by atoms with Crippen LogP contribution in [-0.2, 0) is 11.3 Å². The number of hydrogen-bond acceptors (Lipinski definition) is 3. The van der Waals surface area contributed by atoms with Crippen molar-refractivity contribution in [2.45, 2.75) is 33.2 Å². The number of urea groups is 1. The zero-order valence-electron chi connectivity index (χ0n) is 12.8. The molecule has 6 nitrogen and oxygen atoms in total. The van der Waals surface area contributed by atoms with Crippen molar-refractivity contribution in [2.24, 2.45) is 5.41 Å². The molecule has 1 atom stereocenters. The Morgan fingerprint density at radius 2 is 2.19 bits per heavy atom. The Morgan fingerprint density at radius 1 is 1.48 bits per heavy atom. The topological polar surface area (TPSA) is 74.0 Å². The first-order chi connectivity index (χ1) is 9.82. The first-order valence-corrected chi connectivity index (χ1v) is 7.10. The standard InChI is InChI=1S/C15H22N2O4/c1-11-5-6-12(21-11)9-16(3)14(20)17-8-4-7-15(2,10-17)13(18)19/h5-6H,4,7-10H2,1-3H3,(H,18,19). The number of furan rings is 1. The lowest BCUT2D eigenvalue weighted by atomic mass is 9.82. The van der Waals surface area contributed by atoms with Crippen LogP contribution in [0.3, 0.4) is 0 Å². The predicted octanol–water partition coefficient (Wildman–Crippen LogP) is 2.33. The van der Waals surface area contributed by atoms with E-state index in [1.165, 1.54) is 0 Å². The lowest BCUT2D eigenvalue weighted by molar-refractivity contribution is -0.150. The van der Waals surface area contributed by atoms with Crippen molar-refractivity contribution in [1.82, 2.24) is 9.80 Å². The normalized spacial score (nSPS) is 22.1. The van der Waals surface area contributed by atoms with Crippen LogP contribution < -0.4 is 0 Å². The zero-order valence-corrected chi connectivity index (χ0v) is 12.8. The van der Waals surface area contributed by atoms with Crippen molar-refractivity contribution in [3.8, 4) is 0 Å². The number of carbonyl (C=O) groups is 2. The molecular weight excluding hydrogens is 272 g/mol. The van der Waals surface area contributed by atoms with Crippen LogP contribution in [0.2, 0.25) is 0 Å². The van der Waals surface area contributed by atoms with Gasteiger partial charge in [0.15, 0.2) is 0 Å². The van der Waals surface area contributed by atoms with Crippen LogP contribution in [0.15, 0.2) is 16.5 Å². The van der Waals surface area contributed by atoms with Crippen molar-refractivity contribution >= 4 is 12.0 Å². The zero-order chi connectivity index (χ0) is 15.6. The van der Waals surface area contributed by atoms with Crippen molar-refractivity contribution in [1.29, 1.82) is 0 Å². The minimum absolute atomic E-state index is 0.156. The average Bonchev–Trinajstić information content (AvgIpc) is 2.83. The second-order valence-corrected chi connectivity index (χ2v) is 6.04. The molecule has 0 spiro atoms. The van der Waals surface area contributed by atoms with Crippen molar-refractivity contribution in [2.75, 3.05) is 20.1 Å². The third-order valence-electron chi connectivity index (χ3n) is 4.00. The summed E-state index contributed by atoms with van der Waals surface area (Å²) in [6, 6.07) is 3.54. The molecule has 1 N–H and O–H groups in total. The number of hydrogen-bond donors (Lipinski definition) is 1. The summed E-state index contributed by atoms with van der Waals surface area (Å²) < 4.78 is 5.46. The molecule has 1 aliphatic rings. The molecule has 0 saturated carbocycles. The highest BCUT2D eigenvalue weighted by Crippen LogP contribution is 2.30. The van der Waals surface area contributed by atoms with Gasteiger partial charge in [-0.3, -0.25) is 4.79 Å². The highest BCUT2D eigenvalue weighted by Gasteiger charge is 2.40. The lowest BCUT2D eigenvalue weighted by Gasteiger charge is -2.39. The Morgan fingerprint density at radius 3 is 2.76 bits per heavy atom. The number of carbonyl (C=O) groups excluding carboxylic acids is 1. The Bertz CT molecular complexity index is 540. The van der Waals surface area contributed by atoms with Gasteiger partial charge in [-0.15, -0.1) is 0 Å². The summed E-state index contributed by atoms with van der Waals surface area (Å²) in [5.41, 5.74) is -0.851. The molecule has 2 heterocycles. The molecule has 1 fully saturated rings. The number of aryl methyl sites for hydroxylation is 1. The van der Waals surface area contributed by atoms with Gasteiger partial charge in [0.1, 0.15) is 11.5 Å². The lowest BCUT2D eigenvalue weighted by Crippen LogP contribution is -2.51. The van der Waals surface area contributed by atoms with Gasteiger partial charge in [-0.1, -0.05) is 0 Å². The number of carboxylic acids is 1. The molecule has 0 radical (unpaired) electrons. The Kier molecular flexibility index (Phi) is 4.25. The van der Waals surface area contributed by atoms with Gasteiger partial charge < -0.3 is 19.3 Å². The SMILES string of the molecule is Cc1ccc(CN(C)C(=O)N2CCCC(C)(C(=O)O)C2)o1. The van der Waals surface area contributed by atoms with E-state index in [2.05, 4.69) is 0 Å². The van der Waals surface area contributed by atoms with Gasteiger partial charge in [0.2, 0.25) is 0 Å². The van der Waals surface area contributed by atoms with Crippen LogP contribution in [0.4, 0.5) is 4.79 Å². The molecule has 21 heavy (non-hydrogen) atoms. The van der Waals surface area contributed by atoms with Gasteiger partial charge in [0, 0.05) is 20.1 Å². The third kappa shape index (κ3) is 3.37. The summed E-state index contributed by atoms with van der Waals surface area (Å²) in [7, 11) is 1.70. The van der Waals surface area contributed by atoms with Crippen molar-refractivity contribution in [3.63, 3.8) is 0 Å². The number of nitrogens with zero attached hydrogens (tertiary/aromatic N) is 2. The van der Waals surface area contributed by atoms with Gasteiger partial charge in [-0.25, -0.2) is 4.79 Å². The fourth-order valence-corrected chi connectivity index (χ4v) is 2.69. The minimum atomic E-state index is -0.851. The molecule has 0 aromatic carbocycles. The van der Waals surface area contributed by atoms with E-state index >= 15 is 0 Å². The summed E-state index contributed by atoms with van der Waals surface area (Å²) in [6.45, 7) is 4.79. The maximum Gasteiger partial charge on any atom is 0.320 e. The predicted molar refractivity (Wildman–Crippen MR) is 76.9 cm³/mol. The summed E-state index contributed by atoms with van der Waals surface area (Å²) in [5.74, 6) is 0.688. The molecule has 1 unspecified atom stereocenters. The number of piperidine rings is 1. The second-order valence-electron chi connectivity index (χ2n) is 6.04. The Labute approximate surface area is 124 Å². The van der Waals surface area contributed by atoms with Crippen molar-refractivity contribution in [3.05, 3.63) is 23.7 Å². The summed E-state index contributed by atoms with van der Waals surface area (Å²) in [6.07, 6.45) is 1.31. The van der Waals surface area contributed by atoms with Gasteiger partial charge in [0.25, 0.3) is 0 Å². The summed E-state index contributed by atoms with van der Waals surface area (Å²) >= 11 is 0. The van der Waals surface area contributed by atoms with Crippen LogP contribution in [-0.4, -0.2) is 47.0 Å². The molecule has 2 rings (SSSR count). The van der Waals surface area contributed by atoms with E-state index in [1.807, 2.05) is 19.1 Å². The van der Waals surface area contributed by atoms with E-state index in [4.69, 9.17) is 4.42 Å². The smallest absolute Gasteiger partial charge is 0.320 e. The molecule has 0 bridgehead atoms. The number of rotatable bonds is 3. The Balaban J connectivity index is 2.00. The quantitative estimate of drug-likeness (QED) is 0.928. The number of likely N-dealkylation sites (tertiary alicyclic amines) is 1. The molecule has 2 amide bonds. The maximum atomic E-state index is 12.4. The number of carboxylic acid groups (broad SMARTS) is 1. The van der Waals surface area contributed by atoms with Gasteiger partial charge in [-0.2, -0.15) is 0 Å². The number of aliphatic carboxylic acids is 1. The maximum absolute atomic E-state index is 12.4. The molecule has 1 aliphatic heterocycles. The largest absolute Gasteiger partial charge is 0.481 e. The van der Waals surface area contributed by atoms with E-state index in [0.717, 1.165) is 11.5 Å². The van der Waals surface area contributed by atoms with Gasteiger partial charge in [0.05, 0.1) is 12.0 Å². The minimum Gasteiger partial charge on any atom is -0.481 e. The molecule has 0 aliphatic carbocycles. The highest BCUT2D eigenvalue weighted by atomic mass is 16.4. The van der Waals surface area contributed by atoms with Gasteiger partial charge in [-0.05, 0) is 38.8 Å². The molecular formula is C15H22N2O4. The van der Waals surface area contributed by atoms with Crippen LogP contribution in [0, 0.1) is 12.3 Å². The first kappa shape index (κ1) is 15.4. The van der Waals surface area contributed by atoms with E-state index in [9.17, 15) is 14.7 Å². The first-order valence-electron chi connectivity index (χ1n) is 7.10.